The van der Waals surface area contributed by atoms with E-state index in [2.05, 4.69) is 9.71 Å². The molecule has 0 spiro atoms. The first-order chi connectivity index (χ1) is 11.4. The first-order valence-electron chi connectivity index (χ1n) is 7.81. The number of amides is 1. The van der Waals surface area contributed by atoms with Crippen molar-refractivity contribution < 1.29 is 17.6 Å². The Morgan fingerprint density at radius 2 is 2.00 bits per heavy atom. The second kappa shape index (κ2) is 6.40. The Bertz CT molecular complexity index is 909. The number of aromatic nitrogens is 1. The summed E-state index contributed by atoms with van der Waals surface area (Å²) in [5.41, 5.74) is 0.564. The highest BCUT2D eigenvalue weighted by molar-refractivity contribution is 7.89. The zero-order valence-electron chi connectivity index (χ0n) is 13.2. The Labute approximate surface area is 138 Å². The predicted octanol–water partition coefficient (Wildman–Crippen LogP) is 0.800. The number of H-pyrrole nitrogens is 1. The Kier molecular flexibility index (Phi) is 4.46. The van der Waals surface area contributed by atoms with Crippen LogP contribution in [0.4, 0.5) is 0 Å². The molecule has 2 aromatic rings. The molecule has 1 aromatic carbocycles. The highest BCUT2D eigenvalue weighted by atomic mass is 32.2. The number of nitrogens with one attached hydrogen (secondary N) is 2. The van der Waals surface area contributed by atoms with E-state index in [1.54, 1.807) is 4.90 Å². The molecule has 0 bridgehead atoms. The molecule has 1 atom stereocenters. The second-order valence-electron chi connectivity index (χ2n) is 5.90. The van der Waals surface area contributed by atoms with Crippen molar-refractivity contribution in [3.8, 4) is 0 Å². The van der Waals surface area contributed by atoms with Crippen LogP contribution in [0.2, 0.25) is 0 Å². The van der Waals surface area contributed by atoms with Gasteiger partial charge in [0.15, 0.2) is 5.58 Å². The van der Waals surface area contributed by atoms with Gasteiger partial charge in [-0.1, -0.05) is 0 Å². The Morgan fingerprint density at radius 3 is 2.71 bits per heavy atom. The number of rotatable bonds is 4. The van der Waals surface area contributed by atoms with Gasteiger partial charge >= 0.3 is 5.76 Å². The number of carbonyl (C=O) groups excluding carboxylic acids is 1. The minimum absolute atomic E-state index is 0.0592. The van der Waals surface area contributed by atoms with Crippen LogP contribution >= 0.6 is 0 Å². The zero-order valence-corrected chi connectivity index (χ0v) is 14.1. The maximum absolute atomic E-state index is 12.5. The summed E-state index contributed by atoms with van der Waals surface area (Å²) in [4.78, 5) is 27.6. The molecule has 1 aliphatic heterocycles. The van der Waals surface area contributed by atoms with Crippen LogP contribution in [0.3, 0.4) is 0 Å². The predicted molar refractivity (Wildman–Crippen MR) is 87.0 cm³/mol. The van der Waals surface area contributed by atoms with Crippen molar-refractivity contribution in [3.63, 3.8) is 0 Å². The third kappa shape index (κ3) is 3.36. The molecule has 1 fully saturated rings. The monoisotopic (exact) mass is 353 g/mol. The van der Waals surface area contributed by atoms with E-state index in [0.29, 0.717) is 18.6 Å². The van der Waals surface area contributed by atoms with Crippen molar-refractivity contribution in [2.75, 3.05) is 13.1 Å². The Hall–Kier alpha value is -2.13. The second-order valence-corrected chi connectivity index (χ2v) is 7.62. The smallest absolute Gasteiger partial charge is 0.408 e. The van der Waals surface area contributed by atoms with E-state index in [1.165, 1.54) is 25.1 Å². The van der Waals surface area contributed by atoms with E-state index >= 15 is 0 Å². The van der Waals surface area contributed by atoms with Crippen LogP contribution in [-0.2, 0) is 14.8 Å². The molecule has 1 saturated heterocycles. The summed E-state index contributed by atoms with van der Waals surface area (Å²) in [5, 5.41) is 0. The van der Waals surface area contributed by atoms with Gasteiger partial charge in [0.2, 0.25) is 15.9 Å². The van der Waals surface area contributed by atoms with E-state index < -0.39 is 21.8 Å². The van der Waals surface area contributed by atoms with Crippen molar-refractivity contribution in [2.45, 2.75) is 37.1 Å². The summed E-state index contributed by atoms with van der Waals surface area (Å²) in [7, 11) is -3.90. The molecule has 1 aromatic heterocycles. The maximum Gasteiger partial charge on any atom is 0.417 e. The number of oxazole rings is 1. The van der Waals surface area contributed by atoms with Gasteiger partial charge in [0.1, 0.15) is 0 Å². The number of likely N-dealkylation sites (tertiary alicyclic amines) is 1. The third-order valence-electron chi connectivity index (χ3n) is 4.07. The summed E-state index contributed by atoms with van der Waals surface area (Å²) in [5.74, 6) is -0.881. The highest BCUT2D eigenvalue weighted by Crippen LogP contribution is 2.17. The molecule has 1 amide bonds. The van der Waals surface area contributed by atoms with Gasteiger partial charge in [-0.25, -0.2) is 13.2 Å². The number of carbonyl (C=O) groups is 1. The number of aromatic amines is 1. The summed E-state index contributed by atoms with van der Waals surface area (Å²) < 4.78 is 32.2. The molecule has 24 heavy (non-hydrogen) atoms. The fourth-order valence-electron chi connectivity index (χ4n) is 2.83. The van der Waals surface area contributed by atoms with Gasteiger partial charge < -0.3 is 9.32 Å². The van der Waals surface area contributed by atoms with Crippen LogP contribution < -0.4 is 10.5 Å². The molecule has 3 rings (SSSR count). The van der Waals surface area contributed by atoms with Crippen molar-refractivity contribution >= 4 is 27.0 Å². The zero-order chi connectivity index (χ0) is 17.3. The largest absolute Gasteiger partial charge is 0.417 e. The van der Waals surface area contributed by atoms with E-state index in [-0.39, 0.29) is 16.4 Å². The van der Waals surface area contributed by atoms with E-state index in [1.807, 2.05) is 0 Å². The van der Waals surface area contributed by atoms with Crippen molar-refractivity contribution in [2.24, 2.45) is 0 Å². The Morgan fingerprint density at radius 1 is 1.29 bits per heavy atom. The van der Waals surface area contributed by atoms with Crippen LogP contribution in [0.5, 0.6) is 0 Å². The molecule has 0 unspecified atom stereocenters. The van der Waals surface area contributed by atoms with Gasteiger partial charge in [0, 0.05) is 19.2 Å². The first-order valence-corrected chi connectivity index (χ1v) is 9.29. The van der Waals surface area contributed by atoms with Crippen molar-refractivity contribution in [3.05, 3.63) is 28.7 Å². The van der Waals surface area contributed by atoms with Crippen LogP contribution in [-0.4, -0.2) is 43.3 Å². The van der Waals surface area contributed by atoms with Gasteiger partial charge in [0.05, 0.1) is 16.5 Å². The molecule has 8 nitrogen and oxygen atoms in total. The number of fused-ring (bicyclic) bond motifs is 1. The van der Waals surface area contributed by atoms with Crippen LogP contribution in [0.25, 0.3) is 11.1 Å². The van der Waals surface area contributed by atoms with Gasteiger partial charge in [-0.3, -0.25) is 9.78 Å². The number of nitrogens with zero attached hydrogens (tertiary/aromatic N) is 1. The van der Waals surface area contributed by atoms with E-state index in [4.69, 9.17) is 4.42 Å². The van der Waals surface area contributed by atoms with Crippen LogP contribution in [0, 0.1) is 0 Å². The Balaban J connectivity index is 1.78. The molecular formula is C15H19N3O5S. The lowest BCUT2D eigenvalue weighted by Crippen LogP contribution is -2.48. The average Bonchev–Trinajstić information content (AvgIpc) is 2.93. The van der Waals surface area contributed by atoms with Crippen molar-refractivity contribution in [1.82, 2.24) is 14.6 Å². The minimum Gasteiger partial charge on any atom is -0.408 e. The molecule has 130 valence electrons. The number of hydrogen-bond acceptors (Lipinski definition) is 5. The summed E-state index contributed by atoms with van der Waals surface area (Å²) in [6, 6.07) is 3.20. The lowest BCUT2D eigenvalue weighted by atomic mass is 10.1. The number of benzene rings is 1. The molecule has 0 aliphatic carbocycles. The fraction of sp³-hybridized carbons (Fsp3) is 0.467. The van der Waals surface area contributed by atoms with Gasteiger partial charge in [-0.15, -0.1) is 0 Å². The molecule has 0 radical (unpaired) electrons. The number of sulfonamides is 1. The standard InChI is InChI=1S/C15H19N3O5S/c1-10(14(19)18-7-3-2-4-8-18)17-24(21,22)11-5-6-12-13(9-11)23-15(20)16-12/h5-6,9-10,17H,2-4,7-8H2,1H3,(H,16,20)/t10-/m1/s1. The number of piperidine rings is 1. The van der Waals surface area contributed by atoms with E-state index in [0.717, 1.165) is 19.3 Å². The van der Waals surface area contributed by atoms with E-state index in [9.17, 15) is 18.0 Å². The topological polar surface area (TPSA) is 112 Å². The lowest BCUT2D eigenvalue weighted by Gasteiger charge is -2.29. The summed E-state index contributed by atoms with van der Waals surface area (Å²) >= 11 is 0. The quantitative estimate of drug-likeness (QED) is 0.844. The maximum atomic E-state index is 12.5. The molecule has 2 heterocycles. The minimum atomic E-state index is -3.90. The fourth-order valence-corrected chi connectivity index (χ4v) is 4.04. The molecule has 9 heteroatoms. The highest BCUT2D eigenvalue weighted by Gasteiger charge is 2.27. The first kappa shape index (κ1) is 16.7. The van der Waals surface area contributed by atoms with Crippen LogP contribution in [0.15, 0.2) is 32.3 Å². The van der Waals surface area contributed by atoms with Gasteiger partial charge in [0.25, 0.3) is 0 Å². The molecular weight excluding hydrogens is 334 g/mol. The summed E-state index contributed by atoms with van der Waals surface area (Å²) in [6.45, 7) is 2.85. The number of hydrogen-bond donors (Lipinski definition) is 2. The van der Waals surface area contributed by atoms with Gasteiger partial charge in [-0.05, 0) is 38.3 Å². The van der Waals surface area contributed by atoms with Crippen LogP contribution in [0.1, 0.15) is 26.2 Å². The average molecular weight is 353 g/mol. The SMILES string of the molecule is C[C@@H](NS(=O)(=O)c1ccc2[nH]c(=O)oc2c1)C(=O)N1CCCCC1. The van der Waals surface area contributed by atoms with Crippen molar-refractivity contribution in [1.29, 1.82) is 0 Å². The molecule has 0 saturated carbocycles. The van der Waals surface area contributed by atoms with Gasteiger partial charge in [-0.2, -0.15) is 4.72 Å². The third-order valence-corrected chi connectivity index (χ3v) is 5.61. The molecule has 2 N–H and O–H groups in total. The molecule has 1 aliphatic rings. The lowest BCUT2D eigenvalue weighted by molar-refractivity contribution is -0.133. The summed E-state index contributed by atoms with van der Waals surface area (Å²) in [6.07, 6.45) is 2.97. The normalized spacial score (nSPS) is 17.1.